The van der Waals surface area contributed by atoms with Gasteiger partial charge >= 0.3 is 0 Å². The summed E-state index contributed by atoms with van der Waals surface area (Å²) < 4.78 is 0. The lowest BCUT2D eigenvalue weighted by Gasteiger charge is -2.40. The van der Waals surface area contributed by atoms with Crippen LogP contribution in [-0.4, -0.2) is 6.54 Å². The number of nitrogens with two attached hydrogens (primary N) is 1. The minimum absolute atomic E-state index is 0.524. The quantitative estimate of drug-likeness (QED) is 0.707. The molecular formula is C14H25N. The van der Waals surface area contributed by atoms with Crippen molar-refractivity contribution in [2.24, 2.45) is 23.0 Å². The molecule has 1 rings (SSSR count). The van der Waals surface area contributed by atoms with E-state index in [0.717, 1.165) is 24.8 Å². The van der Waals surface area contributed by atoms with Crippen LogP contribution < -0.4 is 5.73 Å². The molecule has 0 aromatic heterocycles. The van der Waals surface area contributed by atoms with Crippen LogP contribution in [0.3, 0.4) is 0 Å². The van der Waals surface area contributed by atoms with Crippen molar-refractivity contribution in [1.29, 1.82) is 0 Å². The summed E-state index contributed by atoms with van der Waals surface area (Å²) in [6, 6.07) is 0. The molecule has 0 spiro atoms. The summed E-state index contributed by atoms with van der Waals surface area (Å²) in [5.41, 5.74) is 6.37. The first kappa shape index (κ1) is 12.6. The fraction of sp³-hybridized carbons (Fsp3) is 0.857. The van der Waals surface area contributed by atoms with Gasteiger partial charge in [0.2, 0.25) is 0 Å². The Morgan fingerprint density at radius 3 is 2.67 bits per heavy atom. The third kappa shape index (κ3) is 3.87. The molecule has 0 aliphatic heterocycles. The van der Waals surface area contributed by atoms with Crippen molar-refractivity contribution in [3.8, 4) is 11.8 Å². The topological polar surface area (TPSA) is 26.0 Å². The Morgan fingerprint density at radius 2 is 2.07 bits per heavy atom. The Kier molecular flexibility index (Phi) is 4.67. The molecule has 15 heavy (non-hydrogen) atoms. The van der Waals surface area contributed by atoms with E-state index in [1.807, 2.05) is 6.92 Å². The molecule has 1 nitrogen and oxygen atoms in total. The number of hydrogen-bond acceptors (Lipinski definition) is 1. The highest BCUT2D eigenvalue weighted by Crippen LogP contribution is 2.43. The van der Waals surface area contributed by atoms with Crippen LogP contribution in [0.25, 0.3) is 0 Å². The highest BCUT2D eigenvalue weighted by Gasteiger charge is 2.33. The van der Waals surface area contributed by atoms with Crippen LogP contribution >= 0.6 is 0 Å². The average Bonchev–Trinajstić information content (AvgIpc) is 2.17. The van der Waals surface area contributed by atoms with E-state index in [9.17, 15) is 0 Å². The highest BCUT2D eigenvalue weighted by atomic mass is 14.6. The van der Waals surface area contributed by atoms with Crippen LogP contribution in [0.15, 0.2) is 0 Å². The van der Waals surface area contributed by atoms with Gasteiger partial charge < -0.3 is 5.73 Å². The Hall–Kier alpha value is -0.480. The molecule has 0 amide bonds. The van der Waals surface area contributed by atoms with Gasteiger partial charge in [-0.1, -0.05) is 13.8 Å². The lowest BCUT2D eigenvalue weighted by atomic mass is 9.66. The van der Waals surface area contributed by atoms with Gasteiger partial charge in [0, 0.05) is 6.42 Å². The predicted molar refractivity (Wildman–Crippen MR) is 66.4 cm³/mol. The van der Waals surface area contributed by atoms with E-state index in [1.165, 1.54) is 25.7 Å². The molecule has 0 aromatic rings. The zero-order valence-electron chi connectivity index (χ0n) is 10.5. The first-order valence-electron chi connectivity index (χ1n) is 6.19. The van der Waals surface area contributed by atoms with Crippen molar-refractivity contribution in [3.63, 3.8) is 0 Å². The largest absolute Gasteiger partial charge is 0.330 e. The molecular weight excluding hydrogens is 182 g/mol. The van der Waals surface area contributed by atoms with E-state index in [0.29, 0.717) is 5.41 Å². The van der Waals surface area contributed by atoms with Gasteiger partial charge in [0.1, 0.15) is 0 Å². The summed E-state index contributed by atoms with van der Waals surface area (Å²) >= 11 is 0. The van der Waals surface area contributed by atoms with Crippen LogP contribution in [0.5, 0.6) is 0 Å². The molecule has 2 atom stereocenters. The molecule has 1 aliphatic carbocycles. The molecule has 1 saturated carbocycles. The molecule has 2 unspecified atom stereocenters. The molecule has 1 fully saturated rings. The van der Waals surface area contributed by atoms with Crippen molar-refractivity contribution >= 4 is 0 Å². The molecule has 2 N–H and O–H groups in total. The number of hydrogen-bond donors (Lipinski definition) is 1. The zero-order valence-corrected chi connectivity index (χ0v) is 10.5. The first-order valence-corrected chi connectivity index (χ1v) is 6.19. The van der Waals surface area contributed by atoms with Gasteiger partial charge in [-0.05, 0) is 56.4 Å². The van der Waals surface area contributed by atoms with Crippen molar-refractivity contribution < 1.29 is 0 Å². The fourth-order valence-electron chi connectivity index (χ4n) is 2.82. The molecule has 1 aliphatic rings. The Bertz CT molecular complexity index is 244. The molecule has 0 radical (unpaired) electrons. The van der Waals surface area contributed by atoms with E-state index in [1.54, 1.807) is 0 Å². The van der Waals surface area contributed by atoms with E-state index in [2.05, 4.69) is 25.7 Å². The lowest BCUT2D eigenvalue weighted by molar-refractivity contribution is 0.116. The molecule has 0 aromatic carbocycles. The van der Waals surface area contributed by atoms with Crippen LogP contribution in [0, 0.1) is 29.1 Å². The van der Waals surface area contributed by atoms with Gasteiger partial charge in [0.25, 0.3) is 0 Å². The zero-order chi connectivity index (χ0) is 11.3. The van der Waals surface area contributed by atoms with Crippen molar-refractivity contribution in [2.45, 2.75) is 52.9 Å². The van der Waals surface area contributed by atoms with Gasteiger partial charge in [-0.2, -0.15) is 0 Å². The minimum Gasteiger partial charge on any atom is -0.330 e. The molecule has 0 heterocycles. The predicted octanol–water partition coefficient (Wildman–Crippen LogP) is 3.19. The van der Waals surface area contributed by atoms with Gasteiger partial charge in [-0.3, -0.25) is 0 Å². The van der Waals surface area contributed by atoms with Crippen molar-refractivity contribution in [2.75, 3.05) is 6.54 Å². The van der Waals surface area contributed by atoms with E-state index in [-0.39, 0.29) is 0 Å². The second kappa shape index (κ2) is 5.56. The SMILES string of the molecule is CC#CCCC1CC(C)(C)CCC1CN. The lowest BCUT2D eigenvalue weighted by Crippen LogP contribution is -2.33. The van der Waals surface area contributed by atoms with Gasteiger partial charge in [-0.25, -0.2) is 0 Å². The van der Waals surface area contributed by atoms with E-state index >= 15 is 0 Å². The monoisotopic (exact) mass is 207 g/mol. The summed E-state index contributed by atoms with van der Waals surface area (Å²) in [7, 11) is 0. The van der Waals surface area contributed by atoms with Crippen molar-refractivity contribution in [1.82, 2.24) is 0 Å². The summed E-state index contributed by atoms with van der Waals surface area (Å²) in [4.78, 5) is 0. The maximum atomic E-state index is 5.85. The third-order valence-electron chi connectivity index (χ3n) is 3.79. The summed E-state index contributed by atoms with van der Waals surface area (Å²) in [5, 5.41) is 0. The molecule has 1 heteroatoms. The number of rotatable bonds is 3. The first-order chi connectivity index (χ1) is 7.09. The summed E-state index contributed by atoms with van der Waals surface area (Å²) in [6.07, 6.45) is 6.28. The van der Waals surface area contributed by atoms with E-state index in [4.69, 9.17) is 5.73 Å². The normalized spacial score (nSPS) is 29.3. The van der Waals surface area contributed by atoms with Crippen LogP contribution in [-0.2, 0) is 0 Å². The summed E-state index contributed by atoms with van der Waals surface area (Å²) in [6.45, 7) is 7.56. The third-order valence-corrected chi connectivity index (χ3v) is 3.79. The van der Waals surface area contributed by atoms with Gasteiger partial charge in [-0.15, -0.1) is 11.8 Å². The van der Waals surface area contributed by atoms with Gasteiger partial charge in [0.15, 0.2) is 0 Å². The van der Waals surface area contributed by atoms with Crippen LogP contribution in [0.1, 0.15) is 52.9 Å². The van der Waals surface area contributed by atoms with E-state index < -0.39 is 0 Å². The maximum absolute atomic E-state index is 5.85. The molecule has 0 saturated heterocycles. The highest BCUT2D eigenvalue weighted by molar-refractivity contribution is 4.96. The Morgan fingerprint density at radius 1 is 1.33 bits per heavy atom. The van der Waals surface area contributed by atoms with Crippen LogP contribution in [0.2, 0.25) is 0 Å². The Labute approximate surface area is 94.8 Å². The fourth-order valence-corrected chi connectivity index (χ4v) is 2.82. The second-order valence-corrected chi connectivity index (χ2v) is 5.63. The van der Waals surface area contributed by atoms with Crippen molar-refractivity contribution in [3.05, 3.63) is 0 Å². The smallest absolute Gasteiger partial charge is 0.00913 e. The minimum atomic E-state index is 0.524. The summed E-state index contributed by atoms with van der Waals surface area (Å²) in [5.74, 6) is 7.71. The Balaban J connectivity index is 2.50. The standard InChI is InChI=1S/C14H25N/c1-4-5-6-7-12-10-14(2,3)9-8-13(12)11-15/h12-13H,6-11,15H2,1-3H3. The van der Waals surface area contributed by atoms with Crippen LogP contribution in [0.4, 0.5) is 0 Å². The van der Waals surface area contributed by atoms with Gasteiger partial charge in [0.05, 0.1) is 0 Å². The molecule has 0 bridgehead atoms. The average molecular weight is 207 g/mol. The maximum Gasteiger partial charge on any atom is 0.00913 e. The molecule has 86 valence electrons. The second-order valence-electron chi connectivity index (χ2n) is 5.63.